The van der Waals surface area contributed by atoms with E-state index in [2.05, 4.69) is 24.6 Å². The van der Waals surface area contributed by atoms with Gasteiger partial charge >= 0.3 is 0 Å². The molecular formula is C13H23N3O. The molecule has 1 aromatic heterocycles. The first kappa shape index (κ1) is 13.6. The van der Waals surface area contributed by atoms with E-state index in [-0.39, 0.29) is 11.9 Å². The van der Waals surface area contributed by atoms with Gasteiger partial charge in [0, 0.05) is 17.4 Å². The number of hydrogen-bond donors (Lipinski definition) is 2. The van der Waals surface area contributed by atoms with E-state index in [4.69, 9.17) is 0 Å². The van der Waals surface area contributed by atoms with Gasteiger partial charge in [0.2, 0.25) is 5.91 Å². The average molecular weight is 237 g/mol. The smallest absolute Gasteiger partial charge is 0.241 e. The van der Waals surface area contributed by atoms with Gasteiger partial charge in [-0.2, -0.15) is 0 Å². The Morgan fingerprint density at radius 3 is 2.24 bits per heavy atom. The van der Waals surface area contributed by atoms with E-state index in [9.17, 15) is 4.79 Å². The Morgan fingerprint density at radius 1 is 1.24 bits per heavy atom. The van der Waals surface area contributed by atoms with Crippen LogP contribution < -0.4 is 10.7 Å². The van der Waals surface area contributed by atoms with Crippen molar-refractivity contribution in [1.29, 1.82) is 0 Å². The Balaban J connectivity index is 2.43. The molecule has 1 rings (SSSR count). The topological polar surface area (TPSA) is 46.1 Å². The Kier molecular flexibility index (Phi) is 5.07. The molecule has 0 unspecified atom stereocenters. The highest BCUT2D eigenvalue weighted by molar-refractivity contribution is 5.79. The van der Waals surface area contributed by atoms with Crippen LogP contribution in [0.4, 0.5) is 0 Å². The van der Waals surface area contributed by atoms with E-state index < -0.39 is 0 Å². The molecule has 0 aliphatic carbocycles. The highest BCUT2D eigenvalue weighted by Gasteiger charge is 2.08. The third-order valence-electron chi connectivity index (χ3n) is 3.02. The second kappa shape index (κ2) is 6.33. The third-order valence-corrected chi connectivity index (χ3v) is 3.02. The zero-order valence-corrected chi connectivity index (χ0v) is 11.2. The van der Waals surface area contributed by atoms with E-state index in [1.807, 2.05) is 30.7 Å². The molecule has 0 saturated heterocycles. The van der Waals surface area contributed by atoms with Crippen molar-refractivity contribution < 1.29 is 4.79 Å². The number of hydrogen-bond acceptors (Lipinski definition) is 2. The summed E-state index contributed by atoms with van der Waals surface area (Å²) < 4.78 is 1.94. The van der Waals surface area contributed by atoms with Gasteiger partial charge in [0.25, 0.3) is 0 Å². The molecule has 0 radical (unpaired) electrons. The van der Waals surface area contributed by atoms with Crippen molar-refractivity contribution in [2.75, 3.05) is 12.0 Å². The lowest BCUT2D eigenvalue weighted by Crippen LogP contribution is -2.39. The molecule has 96 valence electrons. The summed E-state index contributed by atoms with van der Waals surface area (Å²) >= 11 is 0. The Morgan fingerprint density at radius 2 is 1.76 bits per heavy atom. The van der Waals surface area contributed by atoms with Gasteiger partial charge in [0.05, 0.1) is 0 Å². The van der Waals surface area contributed by atoms with Gasteiger partial charge in [-0.25, -0.2) is 0 Å². The van der Waals surface area contributed by atoms with Crippen LogP contribution in [0.1, 0.15) is 38.1 Å². The Hall–Kier alpha value is -1.45. The molecular weight excluding hydrogens is 214 g/mol. The fourth-order valence-electron chi connectivity index (χ4n) is 1.84. The van der Waals surface area contributed by atoms with Crippen LogP contribution in [0.5, 0.6) is 0 Å². The summed E-state index contributed by atoms with van der Waals surface area (Å²) in [7, 11) is 0. The maximum absolute atomic E-state index is 11.7. The highest BCUT2D eigenvalue weighted by atomic mass is 16.2. The molecule has 4 nitrogen and oxygen atoms in total. The largest absolute Gasteiger partial charge is 0.352 e. The van der Waals surface area contributed by atoms with Crippen molar-refractivity contribution in [2.24, 2.45) is 0 Å². The molecule has 0 atom stereocenters. The fraction of sp³-hybridized carbons (Fsp3) is 0.615. The number of carbonyl (C=O) groups excluding carboxylic acids is 1. The van der Waals surface area contributed by atoms with E-state index in [0.29, 0.717) is 6.54 Å². The van der Waals surface area contributed by atoms with Gasteiger partial charge < -0.3 is 10.7 Å². The average Bonchev–Trinajstić information content (AvgIpc) is 2.63. The van der Waals surface area contributed by atoms with Crippen LogP contribution in [-0.4, -0.2) is 23.2 Å². The van der Waals surface area contributed by atoms with E-state index >= 15 is 0 Å². The SMILES string of the molecule is CCC(CC)NC(=O)CNn1c(C)ccc1C. The molecule has 0 bridgehead atoms. The zero-order valence-electron chi connectivity index (χ0n) is 11.2. The van der Waals surface area contributed by atoms with E-state index in [0.717, 1.165) is 24.2 Å². The monoisotopic (exact) mass is 237 g/mol. The van der Waals surface area contributed by atoms with Crippen LogP contribution in [0.2, 0.25) is 0 Å². The minimum Gasteiger partial charge on any atom is -0.352 e. The number of rotatable bonds is 6. The van der Waals surface area contributed by atoms with E-state index in [1.165, 1.54) is 0 Å². The molecule has 0 saturated carbocycles. The molecule has 2 N–H and O–H groups in total. The molecule has 0 aliphatic rings. The molecule has 4 heteroatoms. The molecule has 0 aliphatic heterocycles. The van der Waals surface area contributed by atoms with Crippen LogP contribution in [0.3, 0.4) is 0 Å². The van der Waals surface area contributed by atoms with Gasteiger partial charge in [0.15, 0.2) is 0 Å². The van der Waals surface area contributed by atoms with Crippen molar-refractivity contribution in [3.05, 3.63) is 23.5 Å². The predicted molar refractivity (Wildman–Crippen MR) is 70.6 cm³/mol. The number of aromatic nitrogens is 1. The third kappa shape index (κ3) is 3.80. The van der Waals surface area contributed by atoms with Crippen molar-refractivity contribution in [1.82, 2.24) is 9.99 Å². The number of nitrogens with zero attached hydrogens (tertiary/aromatic N) is 1. The number of amides is 1. The summed E-state index contributed by atoms with van der Waals surface area (Å²) in [5.41, 5.74) is 5.34. The summed E-state index contributed by atoms with van der Waals surface area (Å²) in [4.78, 5) is 11.7. The Labute approximate surface area is 103 Å². The normalized spacial score (nSPS) is 10.6. The number of carbonyl (C=O) groups is 1. The molecule has 1 aromatic rings. The van der Waals surface area contributed by atoms with Crippen LogP contribution in [0.25, 0.3) is 0 Å². The lowest BCUT2D eigenvalue weighted by molar-refractivity contribution is -0.120. The quantitative estimate of drug-likeness (QED) is 0.794. The molecule has 0 aromatic carbocycles. The van der Waals surface area contributed by atoms with Crippen molar-refractivity contribution >= 4 is 5.91 Å². The first-order valence-corrected chi connectivity index (χ1v) is 6.26. The zero-order chi connectivity index (χ0) is 12.8. The number of aryl methyl sites for hydroxylation is 2. The minimum absolute atomic E-state index is 0.0474. The van der Waals surface area contributed by atoms with Crippen molar-refractivity contribution in [3.8, 4) is 0 Å². The van der Waals surface area contributed by atoms with Crippen LogP contribution in [-0.2, 0) is 4.79 Å². The highest BCUT2D eigenvalue weighted by Crippen LogP contribution is 2.03. The molecule has 0 fully saturated rings. The lowest BCUT2D eigenvalue weighted by Gasteiger charge is -2.17. The minimum atomic E-state index is 0.0474. The number of nitrogens with one attached hydrogen (secondary N) is 2. The van der Waals surface area contributed by atoms with Gasteiger partial charge in [-0.3, -0.25) is 9.47 Å². The fourth-order valence-corrected chi connectivity index (χ4v) is 1.84. The summed E-state index contributed by atoms with van der Waals surface area (Å²) in [6.07, 6.45) is 1.95. The summed E-state index contributed by atoms with van der Waals surface area (Å²) in [6, 6.07) is 4.35. The lowest BCUT2D eigenvalue weighted by atomic mass is 10.2. The van der Waals surface area contributed by atoms with Crippen molar-refractivity contribution in [3.63, 3.8) is 0 Å². The molecule has 1 amide bonds. The maximum atomic E-state index is 11.7. The van der Waals surface area contributed by atoms with Gasteiger partial charge in [-0.1, -0.05) is 13.8 Å². The first-order chi connectivity index (χ1) is 8.08. The summed E-state index contributed by atoms with van der Waals surface area (Å²) in [6.45, 7) is 8.51. The first-order valence-electron chi connectivity index (χ1n) is 6.26. The van der Waals surface area contributed by atoms with Crippen LogP contribution >= 0.6 is 0 Å². The van der Waals surface area contributed by atoms with Crippen molar-refractivity contribution in [2.45, 2.75) is 46.6 Å². The second-order valence-electron chi connectivity index (χ2n) is 4.37. The molecule has 0 spiro atoms. The van der Waals surface area contributed by atoms with E-state index in [1.54, 1.807) is 0 Å². The molecule has 1 heterocycles. The van der Waals surface area contributed by atoms with Gasteiger partial charge in [0.1, 0.15) is 6.54 Å². The second-order valence-corrected chi connectivity index (χ2v) is 4.37. The van der Waals surface area contributed by atoms with Gasteiger partial charge in [-0.15, -0.1) is 0 Å². The summed E-state index contributed by atoms with van der Waals surface area (Å²) in [5, 5.41) is 3.00. The molecule has 17 heavy (non-hydrogen) atoms. The van der Waals surface area contributed by atoms with Crippen LogP contribution in [0, 0.1) is 13.8 Å². The van der Waals surface area contributed by atoms with Gasteiger partial charge in [-0.05, 0) is 38.8 Å². The predicted octanol–water partition coefficient (Wildman–Crippen LogP) is 1.95. The summed E-state index contributed by atoms with van der Waals surface area (Å²) in [5.74, 6) is 0.0474. The van der Waals surface area contributed by atoms with Crippen LogP contribution in [0.15, 0.2) is 12.1 Å². The Bertz CT molecular complexity index is 347. The maximum Gasteiger partial charge on any atom is 0.241 e. The standard InChI is InChI=1S/C13H23N3O/c1-5-12(6-2)15-13(17)9-14-16-10(3)7-8-11(16)4/h7-8,12,14H,5-6,9H2,1-4H3,(H,15,17).